The second-order valence-electron chi connectivity index (χ2n) is 6.80. The van der Waals surface area contributed by atoms with Crippen LogP contribution in [0.4, 0.5) is 0 Å². The molecule has 3 rings (SSSR count). The van der Waals surface area contributed by atoms with Gasteiger partial charge in [0.1, 0.15) is 11.9 Å². The van der Waals surface area contributed by atoms with Crippen LogP contribution in [0.5, 0.6) is 5.75 Å². The standard InChI is InChI=1S/C19H27NO4/c1-14(24-13-18-3-2-12-23-18)19(22)20-10-8-16(9-11-20)15-4-6-17(21)7-5-15/h4-7,14,16,18,21H,2-3,8-13H2,1H3/t14-,18-/m0/s1. The summed E-state index contributed by atoms with van der Waals surface area (Å²) < 4.78 is 11.3. The lowest BCUT2D eigenvalue weighted by atomic mass is 9.89. The lowest BCUT2D eigenvalue weighted by Crippen LogP contribution is -2.44. The number of piperidine rings is 1. The van der Waals surface area contributed by atoms with E-state index in [2.05, 4.69) is 0 Å². The highest BCUT2D eigenvalue weighted by Gasteiger charge is 2.28. The average Bonchev–Trinajstić information content (AvgIpc) is 3.13. The molecule has 0 spiro atoms. The van der Waals surface area contributed by atoms with E-state index in [0.717, 1.165) is 45.4 Å². The quantitative estimate of drug-likeness (QED) is 0.900. The zero-order valence-electron chi connectivity index (χ0n) is 14.3. The van der Waals surface area contributed by atoms with Gasteiger partial charge in [-0.1, -0.05) is 12.1 Å². The van der Waals surface area contributed by atoms with Crippen molar-refractivity contribution in [3.63, 3.8) is 0 Å². The number of phenols is 1. The predicted octanol–water partition coefficient (Wildman–Crippen LogP) is 2.68. The van der Waals surface area contributed by atoms with Gasteiger partial charge in [-0.25, -0.2) is 0 Å². The van der Waals surface area contributed by atoms with Crippen molar-refractivity contribution in [1.29, 1.82) is 0 Å². The third kappa shape index (κ3) is 4.28. The molecule has 2 atom stereocenters. The lowest BCUT2D eigenvalue weighted by Gasteiger charge is -2.34. The Morgan fingerprint density at radius 3 is 2.62 bits per heavy atom. The summed E-state index contributed by atoms with van der Waals surface area (Å²) in [5, 5.41) is 9.38. The van der Waals surface area contributed by atoms with E-state index in [-0.39, 0.29) is 12.0 Å². The Kier molecular flexibility index (Phi) is 5.74. The molecule has 1 N–H and O–H groups in total. The van der Waals surface area contributed by atoms with Crippen LogP contribution in [0.1, 0.15) is 44.1 Å². The minimum Gasteiger partial charge on any atom is -0.508 e. The van der Waals surface area contributed by atoms with Crippen molar-refractivity contribution in [2.75, 3.05) is 26.3 Å². The van der Waals surface area contributed by atoms with Crippen LogP contribution >= 0.6 is 0 Å². The Balaban J connectivity index is 1.44. The molecule has 0 aromatic heterocycles. The molecule has 2 fully saturated rings. The van der Waals surface area contributed by atoms with Crippen LogP contribution < -0.4 is 0 Å². The molecule has 0 radical (unpaired) electrons. The van der Waals surface area contributed by atoms with Crippen LogP contribution in [0.2, 0.25) is 0 Å². The van der Waals surface area contributed by atoms with E-state index in [1.54, 1.807) is 12.1 Å². The molecular formula is C19H27NO4. The number of benzene rings is 1. The van der Waals surface area contributed by atoms with Gasteiger partial charge in [0.05, 0.1) is 12.7 Å². The Labute approximate surface area is 143 Å². The van der Waals surface area contributed by atoms with Crippen LogP contribution in [0.3, 0.4) is 0 Å². The fourth-order valence-corrected chi connectivity index (χ4v) is 3.54. The summed E-state index contributed by atoms with van der Waals surface area (Å²) in [6.45, 7) is 4.68. The molecule has 24 heavy (non-hydrogen) atoms. The normalized spacial score (nSPS) is 23.4. The Morgan fingerprint density at radius 2 is 2.00 bits per heavy atom. The smallest absolute Gasteiger partial charge is 0.251 e. The summed E-state index contributed by atoms with van der Waals surface area (Å²) in [6.07, 6.45) is 3.77. The summed E-state index contributed by atoms with van der Waals surface area (Å²) in [7, 11) is 0. The number of aromatic hydroxyl groups is 1. The number of nitrogens with zero attached hydrogens (tertiary/aromatic N) is 1. The highest BCUT2D eigenvalue weighted by molar-refractivity contribution is 5.80. The van der Waals surface area contributed by atoms with Gasteiger partial charge in [-0.3, -0.25) is 4.79 Å². The van der Waals surface area contributed by atoms with Gasteiger partial charge < -0.3 is 19.5 Å². The fourth-order valence-electron chi connectivity index (χ4n) is 3.54. The summed E-state index contributed by atoms with van der Waals surface area (Å²) in [4.78, 5) is 14.4. The average molecular weight is 333 g/mol. The van der Waals surface area contributed by atoms with Gasteiger partial charge >= 0.3 is 0 Å². The minimum atomic E-state index is -0.403. The molecule has 0 aliphatic carbocycles. The number of carbonyl (C=O) groups excluding carboxylic acids is 1. The fraction of sp³-hybridized carbons (Fsp3) is 0.632. The number of carbonyl (C=O) groups is 1. The van der Waals surface area contributed by atoms with Gasteiger partial charge in [-0.2, -0.15) is 0 Å². The first-order chi connectivity index (χ1) is 11.6. The van der Waals surface area contributed by atoms with Crippen molar-refractivity contribution in [1.82, 2.24) is 4.90 Å². The molecule has 2 saturated heterocycles. The highest BCUT2D eigenvalue weighted by Crippen LogP contribution is 2.29. The van der Waals surface area contributed by atoms with Gasteiger partial charge in [0.25, 0.3) is 5.91 Å². The molecular weight excluding hydrogens is 306 g/mol. The molecule has 2 aliphatic rings. The summed E-state index contributed by atoms with van der Waals surface area (Å²) >= 11 is 0. The molecule has 1 aromatic carbocycles. The molecule has 132 valence electrons. The summed E-state index contributed by atoms with van der Waals surface area (Å²) in [6, 6.07) is 7.41. The molecule has 2 aliphatic heterocycles. The Bertz CT molecular complexity index is 531. The van der Waals surface area contributed by atoms with Gasteiger partial charge in [-0.05, 0) is 56.2 Å². The minimum absolute atomic E-state index is 0.0807. The van der Waals surface area contributed by atoms with Gasteiger partial charge in [0.2, 0.25) is 0 Å². The summed E-state index contributed by atoms with van der Waals surface area (Å²) in [5.74, 6) is 0.832. The van der Waals surface area contributed by atoms with E-state index in [1.165, 1.54) is 5.56 Å². The topological polar surface area (TPSA) is 59.0 Å². The van der Waals surface area contributed by atoms with Crippen LogP contribution in [0.25, 0.3) is 0 Å². The van der Waals surface area contributed by atoms with Crippen molar-refractivity contribution in [3.05, 3.63) is 29.8 Å². The molecule has 5 heteroatoms. The first kappa shape index (κ1) is 17.2. The molecule has 1 amide bonds. The van der Waals surface area contributed by atoms with Crippen LogP contribution in [0.15, 0.2) is 24.3 Å². The monoisotopic (exact) mass is 333 g/mol. The van der Waals surface area contributed by atoms with E-state index < -0.39 is 6.10 Å². The van der Waals surface area contributed by atoms with E-state index in [9.17, 15) is 9.90 Å². The van der Waals surface area contributed by atoms with Gasteiger partial charge in [0.15, 0.2) is 0 Å². The van der Waals surface area contributed by atoms with Crippen molar-refractivity contribution < 1.29 is 19.4 Å². The zero-order valence-corrected chi connectivity index (χ0v) is 14.3. The van der Waals surface area contributed by atoms with Crippen molar-refractivity contribution in [3.8, 4) is 5.75 Å². The number of rotatable bonds is 5. The van der Waals surface area contributed by atoms with E-state index in [4.69, 9.17) is 9.47 Å². The van der Waals surface area contributed by atoms with Crippen molar-refractivity contribution in [2.24, 2.45) is 0 Å². The SMILES string of the molecule is C[C@H](OC[C@@H]1CCCO1)C(=O)N1CCC(c2ccc(O)cc2)CC1. The second-order valence-corrected chi connectivity index (χ2v) is 6.80. The van der Waals surface area contributed by atoms with Crippen molar-refractivity contribution in [2.45, 2.75) is 50.7 Å². The molecule has 0 unspecified atom stereocenters. The number of ether oxygens (including phenoxy) is 2. The molecule has 0 bridgehead atoms. The zero-order chi connectivity index (χ0) is 16.9. The largest absolute Gasteiger partial charge is 0.508 e. The first-order valence-corrected chi connectivity index (χ1v) is 8.94. The number of likely N-dealkylation sites (tertiary alicyclic amines) is 1. The number of amides is 1. The van der Waals surface area contributed by atoms with Crippen LogP contribution in [-0.2, 0) is 14.3 Å². The Morgan fingerprint density at radius 1 is 1.29 bits per heavy atom. The second kappa shape index (κ2) is 7.99. The van der Waals surface area contributed by atoms with Gasteiger partial charge in [0, 0.05) is 19.7 Å². The third-order valence-electron chi connectivity index (χ3n) is 5.07. The maximum Gasteiger partial charge on any atom is 0.251 e. The molecule has 1 aromatic rings. The van der Waals surface area contributed by atoms with E-state index >= 15 is 0 Å². The van der Waals surface area contributed by atoms with Gasteiger partial charge in [-0.15, -0.1) is 0 Å². The maximum atomic E-state index is 12.5. The lowest BCUT2D eigenvalue weighted by molar-refractivity contribution is -0.145. The summed E-state index contributed by atoms with van der Waals surface area (Å²) in [5.41, 5.74) is 1.24. The maximum absolute atomic E-state index is 12.5. The third-order valence-corrected chi connectivity index (χ3v) is 5.07. The van der Waals surface area contributed by atoms with Crippen LogP contribution in [0, 0.1) is 0 Å². The molecule has 0 saturated carbocycles. The highest BCUT2D eigenvalue weighted by atomic mass is 16.5. The molecule has 2 heterocycles. The molecule has 5 nitrogen and oxygen atoms in total. The number of phenolic OH excluding ortho intramolecular Hbond substituents is 1. The number of hydrogen-bond donors (Lipinski definition) is 1. The van der Waals surface area contributed by atoms with E-state index in [1.807, 2.05) is 24.0 Å². The van der Waals surface area contributed by atoms with E-state index in [0.29, 0.717) is 18.3 Å². The Hall–Kier alpha value is -1.59. The van der Waals surface area contributed by atoms with Crippen molar-refractivity contribution >= 4 is 5.91 Å². The number of hydrogen-bond acceptors (Lipinski definition) is 4. The predicted molar refractivity (Wildman–Crippen MR) is 91.0 cm³/mol. The van der Waals surface area contributed by atoms with Crippen LogP contribution in [-0.4, -0.2) is 54.4 Å². The first-order valence-electron chi connectivity index (χ1n) is 8.94.